The first-order valence-electron chi connectivity index (χ1n) is 4.78. The Kier molecular flexibility index (Phi) is 3.49. The Morgan fingerprint density at radius 1 is 1.44 bits per heavy atom. The van der Waals surface area contributed by atoms with Gasteiger partial charge >= 0.3 is 6.09 Å². The number of halogens is 1. The van der Waals surface area contributed by atoms with Gasteiger partial charge in [0.05, 0.1) is 11.6 Å². The maximum Gasteiger partial charge on any atom is 0.405 e. The zero-order valence-electron chi connectivity index (χ0n) is 9.07. The van der Waals surface area contributed by atoms with Crippen LogP contribution in [-0.2, 0) is 0 Å². The van der Waals surface area contributed by atoms with Crippen LogP contribution in [0.3, 0.4) is 0 Å². The molecule has 3 N–H and O–H groups in total. The zero-order chi connectivity index (χ0) is 12.3. The molecule has 1 amide bonds. The van der Waals surface area contributed by atoms with Crippen LogP contribution in [0.15, 0.2) is 24.3 Å². The number of nitrogens with one attached hydrogen (secondary N) is 1. The van der Waals surface area contributed by atoms with Crippen LogP contribution in [0.5, 0.6) is 0 Å². The topological polar surface area (TPSA) is 69.6 Å². The van der Waals surface area contributed by atoms with Gasteiger partial charge in [0.1, 0.15) is 5.82 Å². The minimum atomic E-state index is -1.39. The molecule has 88 valence electrons. The van der Waals surface area contributed by atoms with Crippen LogP contribution in [0.1, 0.15) is 25.5 Å². The largest absolute Gasteiger partial charge is 0.465 e. The van der Waals surface area contributed by atoms with E-state index in [-0.39, 0.29) is 5.56 Å². The molecule has 1 unspecified atom stereocenters. The summed E-state index contributed by atoms with van der Waals surface area (Å²) in [6.07, 6.45) is -1.31. The van der Waals surface area contributed by atoms with Crippen molar-refractivity contribution in [3.63, 3.8) is 0 Å². The third kappa shape index (κ3) is 2.93. The van der Waals surface area contributed by atoms with Crippen molar-refractivity contribution in [2.24, 2.45) is 0 Å². The van der Waals surface area contributed by atoms with Gasteiger partial charge in [0.2, 0.25) is 0 Å². The van der Waals surface area contributed by atoms with Crippen LogP contribution in [0, 0.1) is 5.82 Å². The van der Waals surface area contributed by atoms with Crippen LogP contribution in [0.4, 0.5) is 9.18 Å². The molecule has 0 bridgehead atoms. The molecule has 0 fully saturated rings. The van der Waals surface area contributed by atoms with Gasteiger partial charge in [-0.25, -0.2) is 9.18 Å². The Balaban J connectivity index is 3.12. The first-order valence-corrected chi connectivity index (χ1v) is 4.78. The van der Waals surface area contributed by atoms with Crippen LogP contribution >= 0.6 is 0 Å². The molecule has 1 atom stereocenters. The predicted molar refractivity (Wildman–Crippen MR) is 56.6 cm³/mol. The second kappa shape index (κ2) is 4.49. The van der Waals surface area contributed by atoms with Gasteiger partial charge in [-0.1, -0.05) is 18.2 Å². The standard InChI is InChI=1S/C11H14FNO3/c1-11(2,16)9(13-10(14)15)7-5-3-4-6-8(7)12/h3-6,9,13,16H,1-2H3,(H,14,15). The molecule has 0 aliphatic heterocycles. The highest BCUT2D eigenvalue weighted by Crippen LogP contribution is 2.27. The quantitative estimate of drug-likeness (QED) is 0.738. The summed E-state index contributed by atoms with van der Waals surface area (Å²) in [6.45, 7) is 2.83. The van der Waals surface area contributed by atoms with Gasteiger partial charge in [-0.2, -0.15) is 0 Å². The lowest BCUT2D eigenvalue weighted by molar-refractivity contribution is 0.0359. The maximum atomic E-state index is 13.5. The van der Waals surface area contributed by atoms with Gasteiger partial charge in [-0.15, -0.1) is 0 Å². The maximum absolute atomic E-state index is 13.5. The SMILES string of the molecule is CC(C)(O)C(NC(=O)O)c1ccccc1F. The highest BCUT2D eigenvalue weighted by molar-refractivity contribution is 5.65. The van der Waals surface area contributed by atoms with Gasteiger partial charge in [-0.05, 0) is 19.9 Å². The minimum Gasteiger partial charge on any atom is -0.465 e. The molecule has 0 aliphatic carbocycles. The molecule has 4 nitrogen and oxygen atoms in total. The van der Waals surface area contributed by atoms with Gasteiger partial charge < -0.3 is 15.5 Å². The molecule has 5 heteroatoms. The molecule has 1 rings (SSSR count). The molecular weight excluding hydrogens is 213 g/mol. The van der Waals surface area contributed by atoms with E-state index in [1.54, 1.807) is 6.07 Å². The summed E-state index contributed by atoms with van der Waals surface area (Å²) in [5, 5.41) is 20.6. The molecule has 0 saturated heterocycles. The lowest BCUT2D eigenvalue weighted by atomic mass is 9.91. The Morgan fingerprint density at radius 2 is 2.00 bits per heavy atom. The Bertz CT molecular complexity index is 387. The number of amides is 1. The van der Waals surface area contributed by atoms with Crippen molar-refractivity contribution in [2.45, 2.75) is 25.5 Å². The number of rotatable bonds is 3. The number of aliphatic hydroxyl groups is 1. The van der Waals surface area contributed by atoms with Gasteiger partial charge in [0, 0.05) is 5.56 Å². The number of carbonyl (C=O) groups is 1. The van der Waals surface area contributed by atoms with Crippen molar-refractivity contribution in [1.82, 2.24) is 5.32 Å². The third-order valence-electron chi connectivity index (χ3n) is 2.19. The predicted octanol–water partition coefficient (Wildman–Crippen LogP) is 1.91. The second-order valence-corrected chi connectivity index (χ2v) is 4.06. The van der Waals surface area contributed by atoms with Crippen molar-refractivity contribution in [3.05, 3.63) is 35.6 Å². The Labute approximate surface area is 92.7 Å². The van der Waals surface area contributed by atoms with Crippen molar-refractivity contribution in [1.29, 1.82) is 0 Å². The van der Waals surface area contributed by atoms with Crippen LogP contribution in [0.2, 0.25) is 0 Å². The molecule has 16 heavy (non-hydrogen) atoms. The van der Waals surface area contributed by atoms with E-state index in [9.17, 15) is 14.3 Å². The monoisotopic (exact) mass is 227 g/mol. The molecule has 0 aliphatic rings. The molecule has 1 aromatic rings. The van der Waals surface area contributed by atoms with Gasteiger partial charge in [0.25, 0.3) is 0 Å². The van der Waals surface area contributed by atoms with E-state index in [0.717, 1.165) is 0 Å². The lowest BCUT2D eigenvalue weighted by Crippen LogP contribution is -2.42. The smallest absolute Gasteiger partial charge is 0.405 e. The van der Waals surface area contributed by atoms with Crippen molar-refractivity contribution >= 4 is 6.09 Å². The van der Waals surface area contributed by atoms with E-state index in [0.29, 0.717) is 0 Å². The fourth-order valence-corrected chi connectivity index (χ4v) is 1.47. The summed E-state index contributed by atoms with van der Waals surface area (Å²) in [5.74, 6) is -0.552. The summed E-state index contributed by atoms with van der Waals surface area (Å²) in [4.78, 5) is 10.6. The summed E-state index contributed by atoms with van der Waals surface area (Å²) >= 11 is 0. The summed E-state index contributed by atoms with van der Waals surface area (Å²) in [5.41, 5.74) is -1.27. The molecule has 0 spiro atoms. The molecule has 0 saturated carbocycles. The average Bonchev–Trinajstić information content (AvgIpc) is 2.13. The molecule has 0 radical (unpaired) electrons. The van der Waals surface area contributed by atoms with Crippen LogP contribution in [-0.4, -0.2) is 21.9 Å². The van der Waals surface area contributed by atoms with E-state index in [1.807, 2.05) is 0 Å². The Morgan fingerprint density at radius 3 is 2.44 bits per heavy atom. The van der Waals surface area contributed by atoms with Gasteiger partial charge in [0.15, 0.2) is 0 Å². The number of carboxylic acid groups (broad SMARTS) is 1. The summed E-state index contributed by atoms with van der Waals surface area (Å²) in [6, 6.07) is 4.74. The highest BCUT2D eigenvalue weighted by atomic mass is 19.1. The van der Waals surface area contributed by atoms with Crippen LogP contribution < -0.4 is 5.32 Å². The number of hydrogen-bond acceptors (Lipinski definition) is 2. The summed E-state index contributed by atoms with van der Waals surface area (Å²) in [7, 11) is 0. The minimum absolute atomic E-state index is 0.123. The van der Waals surface area contributed by atoms with Crippen molar-refractivity contribution < 1.29 is 19.4 Å². The average molecular weight is 227 g/mol. The molecule has 0 heterocycles. The zero-order valence-corrected chi connectivity index (χ0v) is 9.07. The first-order chi connectivity index (χ1) is 7.32. The number of benzene rings is 1. The summed E-state index contributed by atoms with van der Waals surface area (Å²) < 4.78 is 13.5. The Hall–Kier alpha value is -1.62. The van der Waals surface area contributed by atoms with Crippen LogP contribution in [0.25, 0.3) is 0 Å². The van der Waals surface area contributed by atoms with Crippen molar-refractivity contribution in [2.75, 3.05) is 0 Å². The molecule has 1 aromatic carbocycles. The second-order valence-electron chi connectivity index (χ2n) is 4.06. The van der Waals surface area contributed by atoms with E-state index >= 15 is 0 Å². The lowest BCUT2D eigenvalue weighted by Gasteiger charge is -2.29. The molecule has 0 aromatic heterocycles. The van der Waals surface area contributed by atoms with Crippen molar-refractivity contribution in [3.8, 4) is 0 Å². The first kappa shape index (κ1) is 12.4. The van der Waals surface area contributed by atoms with E-state index < -0.39 is 23.6 Å². The fraction of sp³-hybridized carbons (Fsp3) is 0.364. The van der Waals surface area contributed by atoms with E-state index in [4.69, 9.17) is 5.11 Å². The van der Waals surface area contributed by atoms with E-state index in [1.165, 1.54) is 32.0 Å². The highest BCUT2D eigenvalue weighted by Gasteiger charge is 2.31. The normalized spacial score (nSPS) is 13.2. The van der Waals surface area contributed by atoms with E-state index in [2.05, 4.69) is 5.32 Å². The third-order valence-corrected chi connectivity index (χ3v) is 2.19. The number of hydrogen-bond donors (Lipinski definition) is 3. The molecular formula is C11H14FNO3. The van der Waals surface area contributed by atoms with Gasteiger partial charge in [-0.3, -0.25) is 0 Å². The fourth-order valence-electron chi connectivity index (χ4n) is 1.47.